The highest BCUT2D eigenvalue weighted by atomic mass is 79.9. The quantitative estimate of drug-likeness (QED) is 0.443. The molecular weight excluding hydrogens is 405 g/mol. The van der Waals surface area contributed by atoms with E-state index in [1.54, 1.807) is 0 Å². The molecule has 0 saturated heterocycles. The summed E-state index contributed by atoms with van der Waals surface area (Å²) in [5.74, 6) is 0.716. The lowest BCUT2D eigenvalue weighted by molar-refractivity contribution is -0.174. The lowest BCUT2D eigenvalue weighted by atomic mass is 10.1. The van der Waals surface area contributed by atoms with Gasteiger partial charge in [-0.2, -0.15) is 13.2 Å². The van der Waals surface area contributed by atoms with Crippen LogP contribution in [0.1, 0.15) is 23.7 Å². The fourth-order valence-electron chi connectivity index (χ4n) is 1.58. The highest BCUT2D eigenvalue weighted by Gasteiger charge is 2.27. The minimum absolute atomic E-state index is 0.0213. The number of rotatable bonds is 7. The molecule has 0 saturated carbocycles. The molecule has 1 aromatic carbocycles. The molecule has 0 amide bonds. The predicted octanol–water partition coefficient (Wildman–Crippen LogP) is 5.25. The summed E-state index contributed by atoms with van der Waals surface area (Å²) in [5.41, 5.74) is 0.886. The topological polar surface area (TPSA) is 18.5 Å². The average molecular weight is 420 g/mol. The van der Waals surface area contributed by atoms with Crippen molar-refractivity contribution in [1.82, 2.24) is 0 Å². The highest BCUT2D eigenvalue weighted by molar-refractivity contribution is 9.10. The van der Waals surface area contributed by atoms with Gasteiger partial charge < -0.3 is 9.47 Å². The molecule has 1 unspecified atom stereocenters. The number of ether oxygens (including phenoxy) is 2. The van der Waals surface area contributed by atoms with Crippen molar-refractivity contribution in [3.63, 3.8) is 0 Å². The minimum Gasteiger partial charge on any atom is -0.494 e. The third-order valence-corrected chi connectivity index (χ3v) is 3.83. The summed E-state index contributed by atoms with van der Waals surface area (Å²) in [4.78, 5) is -0.130. The van der Waals surface area contributed by atoms with Crippen LogP contribution in [0.2, 0.25) is 0 Å². The van der Waals surface area contributed by atoms with Gasteiger partial charge in [0.15, 0.2) is 0 Å². The molecule has 0 radical (unpaired) electrons. The SMILES string of the molecule is CCOc1ccc(Br)cc1C(Br)CCOCC(F)(F)F. The lowest BCUT2D eigenvalue weighted by Gasteiger charge is -2.16. The van der Waals surface area contributed by atoms with Crippen LogP contribution in [0.15, 0.2) is 22.7 Å². The third-order valence-electron chi connectivity index (χ3n) is 2.39. The van der Waals surface area contributed by atoms with Crippen LogP contribution in [0.25, 0.3) is 0 Å². The normalized spacial score (nSPS) is 13.3. The zero-order valence-electron chi connectivity index (χ0n) is 10.8. The van der Waals surface area contributed by atoms with Crippen molar-refractivity contribution >= 4 is 31.9 Å². The summed E-state index contributed by atoms with van der Waals surface area (Å²) < 4.78 is 46.9. The van der Waals surface area contributed by atoms with Crippen LogP contribution in [0.3, 0.4) is 0 Å². The smallest absolute Gasteiger partial charge is 0.411 e. The van der Waals surface area contributed by atoms with Crippen LogP contribution >= 0.6 is 31.9 Å². The molecule has 0 spiro atoms. The Morgan fingerprint density at radius 3 is 2.60 bits per heavy atom. The number of alkyl halides is 4. The van der Waals surface area contributed by atoms with Crippen molar-refractivity contribution < 1.29 is 22.6 Å². The largest absolute Gasteiger partial charge is 0.494 e. The zero-order chi connectivity index (χ0) is 15.2. The Bertz CT molecular complexity index is 425. The van der Waals surface area contributed by atoms with Gasteiger partial charge in [0.1, 0.15) is 12.4 Å². The lowest BCUT2D eigenvalue weighted by Crippen LogP contribution is -2.17. The first-order chi connectivity index (χ1) is 9.33. The molecule has 2 nitrogen and oxygen atoms in total. The summed E-state index contributed by atoms with van der Waals surface area (Å²) in [6.45, 7) is 1.21. The van der Waals surface area contributed by atoms with Crippen molar-refractivity contribution in [3.05, 3.63) is 28.2 Å². The molecule has 0 bridgehead atoms. The first-order valence-electron chi connectivity index (χ1n) is 6.04. The van der Waals surface area contributed by atoms with E-state index in [4.69, 9.17) is 4.74 Å². The van der Waals surface area contributed by atoms with Gasteiger partial charge in [-0.05, 0) is 31.5 Å². The maximum atomic E-state index is 12.0. The highest BCUT2D eigenvalue weighted by Crippen LogP contribution is 2.35. The molecule has 0 aromatic heterocycles. The Kier molecular flexibility index (Phi) is 7.33. The van der Waals surface area contributed by atoms with Crippen molar-refractivity contribution in [2.45, 2.75) is 24.3 Å². The molecule has 7 heteroatoms. The van der Waals surface area contributed by atoms with E-state index in [-0.39, 0.29) is 11.4 Å². The van der Waals surface area contributed by atoms with Crippen LogP contribution in [-0.4, -0.2) is 26.0 Å². The van der Waals surface area contributed by atoms with Crippen molar-refractivity contribution in [1.29, 1.82) is 0 Å². The van der Waals surface area contributed by atoms with E-state index >= 15 is 0 Å². The molecule has 0 aliphatic rings. The summed E-state index contributed by atoms with van der Waals surface area (Å²) in [6.07, 6.45) is -3.86. The zero-order valence-corrected chi connectivity index (χ0v) is 14.0. The number of hydrogen-bond acceptors (Lipinski definition) is 2. The van der Waals surface area contributed by atoms with Crippen molar-refractivity contribution in [2.24, 2.45) is 0 Å². The Hall–Kier alpha value is -0.270. The van der Waals surface area contributed by atoms with Gasteiger partial charge in [-0.1, -0.05) is 31.9 Å². The van der Waals surface area contributed by atoms with E-state index in [1.165, 1.54) is 0 Å². The molecule has 0 N–H and O–H groups in total. The minimum atomic E-state index is -4.28. The van der Waals surface area contributed by atoms with Gasteiger partial charge in [-0.3, -0.25) is 0 Å². The Balaban J connectivity index is 2.58. The van der Waals surface area contributed by atoms with E-state index in [9.17, 15) is 13.2 Å². The molecule has 20 heavy (non-hydrogen) atoms. The van der Waals surface area contributed by atoms with Gasteiger partial charge in [0, 0.05) is 21.5 Å². The van der Waals surface area contributed by atoms with Crippen LogP contribution in [0, 0.1) is 0 Å². The van der Waals surface area contributed by atoms with E-state index in [2.05, 4.69) is 36.6 Å². The molecule has 0 fully saturated rings. The van der Waals surface area contributed by atoms with Gasteiger partial charge >= 0.3 is 6.18 Å². The molecule has 1 atom stereocenters. The number of benzene rings is 1. The molecule has 1 rings (SSSR count). The summed E-state index contributed by atoms with van der Waals surface area (Å²) in [5, 5.41) is 0. The van der Waals surface area contributed by atoms with Gasteiger partial charge in [0.05, 0.1) is 6.61 Å². The Morgan fingerprint density at radius 1 is 1.30 bits per heavy atom. The summed E-state index contributed by atoms with van der Waals surface area (Å²) in [7, 11) is 0. The van der Waals surface area contributed by atoms with Gasteiger partial charge in [-0.15, -0.1) is 0 Å². The molecule has 0 aliphatic carbocycles. The maximum absolute atomic E-state index is 12.0. The Labute approximate surface area is 132 Å². The van der Waals surface area contributed by atoms with Crippen molar-refractivity contribution in [3.8, 4) is 5.75 Å². The first kappa shape index (κ1) is 17.8. The second kappa shape index (κ2) is 8.24. The van der Waals surface area contributed by atoms with Crippen LogP contribution in [0.4, 0.5) is 13.2 Å². The van der Waals surface area contributed by atoms with Crippen LogP contribution in [-0.2, 0) is 4.74 Å². The summed E-state index contributed by atoms with van der Waals surface area (Å²) >= 11 is 6.83. The first-order valence-corrected chi connectivity index (χ1v) is 7.75. The third kappa shape index (κ3) is 6.45. The predicted molar refractivity (Wildman–Crippen MR) is 78.5 cm³/mol. The van der Waals surface area contributed by atoms with Crippen LogP contribution < -0.4 is 4.74 Å². The average Bonchev–Trinajstić information content (AvgIpc) is 2.35. The van der Waals surface area contributed by atoms with E-state index in [0.717, 1.165) is 10.0 Å². The van der Waals surface area contributed by atoms with Crippen molar-refractivity contribution in [2.75, 3.05) is 19.8 Å². The monoisotopic (exact) mass is 418 g/mol. The van der Waals surface area contributed by atoms with E-state index in [1.807, 2.05) is 25.1 Å². The molecule has 1 aromatic rings. The molecule has 114 valence electrons. The number of halogens is 5. The second-order valence-electron chi connectivity index (χ2n) is 4.04. The fourth-order valence-corrected chi connectivity index (χ4v) is 2.50. The van der Waals surface area contributed by atoms with Gasteiger partial charge in [0.25, 0.3) is 0 Å². The van der Waals surface area contributed by atoms with Crippen LogP contribution in [0.5, 0.6) is 5.75 Å². The molecule has 0 aliphatic heterocycles. The fraction of sp³-hybridized carbons (Fsp3) is 0.538. The van der Waals surface area contributed by atoms with Gasteiger partial charge in [0.2, 0.25) is 0 Å². The summed E-state index contributed by atoms with van der Waals surface area (Å²) in [6, 6.07) is 5.57. The maximum Gasteiger partial charge on any atom is 0.411 e. The standard InChI is InChI=1S/C13H15Br2F3O2/c1-2-20-12-4-3-9(14)7-10(12)11(15)5-6-19-8-13(16,17)18/h3-4,7,11H,2,5-6,8H2,1H3. The van der Waals surface area contributed by atoms with Gasteiger partial charge in [-0.25, -0.2) is 0 Å². The molecule has 0 heterocycles. The Morgan fingerprint density at radius 2 is 2.00 bits per heavy atom. The molecular formula is C13H15Br2F3O2. The number of hydrogen-bond donors (Lipinski definition) is 0. The van der Waals surface area contributed by atoms with E-state index < -0.39 is 12.8 Å². The second-order valence-corrected chi connectivity index (χ2v) is 6.06. The van der Waals surface area contributed by atoms with E-state index in [0.29, 0.717) is 18.8 Å².